The lowest BCUT2D eigenvalue weighted by Gasteiger charge is -2.09. The summed E-state index contributed by atoms with van der Waals surface area (Å²) in [5.74, 6) is -6.41. The van der Waals surface area contributed by atoms with Crippen LogP contribution in [0.5, 0.6) is 17.2 Å². The van der Waals surface area contributed by atoms with Crippen LogP contribution in [0.1, 0.15) is 5.56 Å². The molecule has 2 N–H and O–H groups in total. The third kappa shape index (κ3) is 3.34. The molecule has 9 heteroatoms. The molecule has 2 rings (SSSR count). The fourth-order valence-corrected chi connectivity index (χ4v) is 1.83. The number of nitrogens with zero attached hydrogens (tertiary/aromatic N) is 1. The first-order chi connectivity index (χ1) is 11.4. The maximum atomic E-state index is 13.5. The van der Waals surface area contributed by atoms with Gasteiger partial charge in [0.1, 0.15) is 5.69 Å². The molecule has 128 valence electrons. The second kappa shape index (κ2) is 7.07. The normalized spacial score (nSPS) is 10.9. The SMILES string of the molecule is COc1cc(C=NNc2c(F)c(F)cc(F)c2F)cc(OC)c1O. The molecule has 0 saturated carbocycles. The van der Waals surface area contributed by atoms with E-state index in [1.54, 1.807) is 0 Å². The number of hydrogen-bond donors (Lipinski definition) is 2. The Bertz CT molecular complexity index is 746. The number of phenols is 1. The quantitative estimate of drug-likeness (QED) is 0.378. The molecule has 0 heterocycles. The minimum Gasteiger partial charge on any atom is -0.502 e. The highest BCUT2D eigenvalue weighted by Gasteiger charge is 2.18. The van der Waals surface area contributed by atoms with E-state index >= 15 is 0 Å². The van der Waals surface area contributed by atoms with Crippen LogP contribution in [0.25, 0.3) is 0 Å². The van der Waals surface area contributed by atoms with Gasteiger partial charge in [-0.1, -0.05) is 0 Å². The van der Waals surface area contributed by atoms with E-state index in [4.69, 9.17) is 9.47 Å². The zero-order valence-electron chi connectivity index (χ0n) is 12.5. The lowest BCUT2D eigenvalue weighted by molar-refractivity contribution is 0.340. The Morgan fingerprint density at radius 2 is 1.46 bits per heavy atom. The van der Waals surface area contributed by atoms with Gasteiger partial charge in [-0.05, 0) is 12.1 Å². The van der Waals surface area contributed by atoms with Gasteiger partial charge in [0.05, 0.1) is 20.4 Å². The average molecular weight is 344 g/mol. The van der Waals surface area contributed by atoms with Crippen LogP contribution in [-0.2, 0) is 0 Å². The molecular formula is C15H12F4N2O3. The summed E-state index contributed by atoms with van der Waals surface area (Å²) in [7, 11) is 2.63. The van der Waals surface area contributed by atoms with Crippen molar-refractivity contribution in [3.8, 4) is 17.2 Å². The van der Waals surface area contributed by atoms with E-state index in [1.807, 2.05) is 5.43 Å². The number of benzene rings is 2. The molecular weight excluding hydrogens is 332 g/mol. The number of hydrazone groups is 1. The number of rotatable bonds is 5. The minimum absolute atomic E-state index is 0.0740. The number of anilines is 1. The van der Waals surface area contributed by atoms with Crippen molar-refractivity contribution >= 4 is 11.9 Å². The predicted octanol–water partition coefficient (Wildman–Crippen LogP) is 3.41. The van der Waals surface area contributed by atoms with Crippen LogP contribution in [0.15, 0.2) is 23.3 Å². The molecule has 0 radical (unpaired) electrons. The van der Waals surface area contributed by atoms with Crippen molar-refractivity contribution in [2.45, 2.75) is 0 Å². The first-order valence-electron chi connectivity index (χ1n) is 6.46. The van der Waals surface area contributed by atoms with Crippen molar-refractivity contribution in [1.29, 1.82) is 0 Å². The molecule has 0 aliphatic carbocycles. The van der Waals surface area contributed by atoms with Gasteiger partial charge in [0.25, 0.3) is 0 Å². The molecule has 0 unspecified atom stereocenters. The van der Waals surface area contributed by atoms with E-state index in [0.29, 0.717) is 5.56 Å². The molecule has 0 amide bonds. The van der Waals surface area contributed by atoms with Gasteiger partial charge in [0, 0.05) is 11.6 Å². The van der Waals surface area contributed by atoms with Gasteiger partial charge < -0.3 is 14.6 Å². The second-order valence-electron chi connectivity index (χ2n) is 4.49. The van der Waals surface area contributed by atoms with E-state index in [9.17, 15) is 22.7 Å². The number of aromatic hydroxyl groups is 1. The maximum absolute atomic E-state index is 13.5. The number of methoxy groups -OCH3 is 2. The highest BCUT2D eigenvalue weighted by Crippen LogP contribution is 2.36. The summed E-state index contributed by atoms with van der Waals surface area (Å²) in [4.78, 5) is 0. The Morgan fingerprint density at radius 3 is 1.92 bits per heavy atom. The molecule has 0 aliphatic rings. The van der Waals surface area contributed by atoms with Gasteiger partial charge in [-0.15, -0.1) is 0 Å². The van der Waals surface area contributed by atoms with E-state index in [-0.39, 0.29) is 23.3 Å². The van der Waals surface area contributed by atoms with Crippen molar-refractivity contribution in [3.05, 3.63) is 47.0 Å². The van der Waals surface area contributed by atoms with Crippen LogP contribution >= 0.6 is 0 Å². The standard InChI is InChI=1S/C15H12F4N2O3/c1-23-10-3-7(4-11(24-2)15(10)22)6-20-21-14-12(18)8(16)5-9(17)13(14)19/h3-6,21-22H,1-2H3. The third-order valence-corrected chi connectivity index (χ3v) is 3.00. The summed E-state index contributed by atoms with van der Waals surface area (Å²) in [6, 6.07) is 2.82. The number of ether oxygens (including phenoxy) is 2. The van der Waals surface area contributed by atoms with E-state index < -0.39 is 29.0 Å². The van der Waals surface area contributed by atoms with E-state index in [0.717, 1.165) is 6.21 Å². The monoisotopic (exact) mass is 344 g/mol. The zero-order chi connectivity index (χ0) is 17.9. The van der Waals surface area contributed by atoms with Crippen LogP contribution in [0, 0.1) is 23.3 Å². The molecule has 0 aliphatic heterocycles. The van der Waals surface area contributed by atoms with Gasteiger partial charge in [-0.2, -0.15) is 5.10 Å². The Hall–Kier alpha value is -2.97. The van der Waals surface area contributed by atoms with Crippen LogP contribution in [0.4, 0.5) is 23.2 Å². The zero-order valence-corrected chi connectivity index (χ0v) is 12.5. The lowest BCUT2D eigenvalue weighted by atomic mass is 10.2. The Morgan fingerprint density at radius 1 is 0.958 bits per heavy atom. The molecule has 2 aromatic carbocycles. The average Bonchev–Trinajstić information content (AvgIpc) is 2.57. The fourth-order valence-electron chi connectivity index (χ4n) is 1.83. The summed E-state index contributed by atoms with van der Waals surface area (Å²) in [5.41, 5.74) is 1.15. The van der Waals surface area contributed by atoms with Crippen molar-refractivity contribution in [2.24, 2.45) is 5.10 Å². The van der Waals surface area contributed by atoms with Gasteiger partial charge in [0.2, 0.25) is 5.75 Å². The number of hydrogen-bond acceptors (Lipinski definition) is 5. The van der Waals surface area contributed by atoms with Crippen LogP contribution in [0.3, 0.4) is 0 Å². The molecule has 0 fully saturated rings. The first-order valence-corrected chi connectivity index (χ1v) is 6.46. The topological polar surface area (TPSA) is 63.1 Å². The fraction of sp³-hybridized carbons (Fsp3) is 0.133. The van der Waals surface area contributed by atoms with Gasteiger partial charge in [0.15, 0.2) is 34.8 Å². The first kappa shape index (κ1) is 17.4. The second-order valence-corrected chi connectivity index (χ2v) is 4.49. The van der Waals surface area contributed by atoms with Crippen molar-refractivity contribution in [3.63, 3.8) is 0 Å². The van der Waals surface area contributed by atoms with Crippen LogP contribution in [-0.4, -0.2) is 25.5 Å². The highest BCUT2D eigenvalue weighted by molar-refractivity contribution is 5.83. The molecule has 5 nitrogen and oxygen atoms in total. The van der Waals surface area contributed by atoms with E-state index in [1.165, 1.54) is 26.4 Å². The van der Waals surface area contributed by atoms with Gasteiger partial charge in [-0.3, -0.25) is 5.43 Å². The highest BCUT2D eigenvalue weighted by atomic mass is 19.2. The summed E-state index contributed by atoms with van der Waals surface area (Å²) < 4.78 is 63.0. The molecule has 24 heavy (non-hydrogen) atoms. The molecule has 2 aromatic rings. The molecule has 0 spiro atoms. The van der Waals surface area contributed by atoms with Crippen LogP contribution < -0.4 is 14.9 Å². The Kier molecular flexibility index (Phi) is 5.12. The smallest absolute Gasteiger partial charge is 0.200 e. The lowest BCUT2D eigenvalue weighted by Crippen LogP contribution is -2.02. The van der Waals surface area contributed by atoms with Crippen molar-refractivity contribution < 1.29 is 32.1 Å². The number of halogens is 4. The van der Waals surface area contributed by atoms with Crippen molar-refractivity contribution in [1.82, 2.24) is 0 Å². The summed E-state index contributed by atoms with van der Waals surface area (Å²) in [6.07, 6.45) is 1.09. The molecule has 0 atom stereocenters. The summed E-state index contributed by atoms with van der Waals surface area (Å²) >= 11 is 0. The minimum atomic E-state index is -1.60. The van der Waals surface area contributed by atoms with E-state index in [2.05, 4.69) is 5.10 Å². The predicted molar refractivity (Wildman–Crippen MR) is 78.7 cm³/mol. The maximum Gasteiger partial charge on any atom is 0.200 e. The molecule has 0 aromatic heterocycles. The molecule has 0 bridgehead atoms. The third-order valence-electron chi connectivity index (χ3n) is 3.00. The summed E-state index contributed by atoms with van der Waals surface area (Å²) in [5, 5.41) is 13.3. The van der Waals surface area contributed by atoms with Crippen molar-refractivity contribution in [2.75, 3.05) is 19.6 Å². The van der Waals surface area contributed by atoms with Gasteiger partial charge >= 0.3 is 0 Å². The summed E-state index contributed by atoms with van der Waals surface area (Å²) in [6.45, 7) is 0. The largest absolute Gasteiger partial charge is 0.502 e. The number of nitrogens with one attached hydrogen (secondary N) is 1. The Balaban J connectivity index is 2.31. The Labute approximate surface area is 134 Å². The molecule has 0 saturated heterocycles. The van der Waals surface area contributed by atoms with Gasteiger partial charge in [-0.25, -0.2) is 17.6 Å². The number of phenolic OH excluding ortho intramolecular Hbond substituents is 1. The van der Waals surface area contributed by atoms with Crippen LogP contribution in [0.2, 0.25) is 0 Å².